The van der Waals surface area contributed by atoms with E-state index in [4.69, 9.17) is 37.0 Å². The maximum Gasteiger partial charge on any atom is 0.359 e. The van der Waals surface area contributed by atoms with E-state index in [0.717, 1.165) is 4.90 Å². The number of rotatable bonds is 9. The summed E-state index contributed by atoms with van der Waals surface area (Å²) in [6, 6.07) is 7.32. The van der Waals surface area contributed by atoms with Gasteiger partial charge in [-0.3, -0.25) is 19.1 Å². The summed E-state index contributed by atoms with van der Waals surface area (Å²) in [4.78, 5) is 39.5. The van der Waals surface area contributed by atoms with Gasteiger partial charge in [-0.1, -0.05) is 41.9 Å². The van der Waals surface area contributed by atoms with Crippen LogP contribution in [0, 0.1) is 0 Å². The minimum absolute atomic E-state index is 0.0393. The lowest BCUT2D eigenvalue weighted by atomic mass is 10.0. The third-order valence-corrected chi connectivity index (χ3v) is 8.00. The molecule has 180 valence electrons. The van der Waals surface area contributed by atoms with Gasteiger partial charge in [0, 0.05) is 0 Å². The zero-order chi connectivity index (χ0) is 25.2. The molecule has 34 heavy (non-hydrogen) atoms. The highest BCUT2D eigenvalue weighted by atomic mass is 35.5. The molecule has 0 saturated carbocycles. The Kier molecular flexibility index (Phi) is 8.01. The Morgan fingerprint density at radius 3 is 1.88 bits per heavy atom. The second-order valence-electron chi connectivity index (χ2n) is 7.13. The highest BCUT2D eigenvalue weighted by Crippen LogP contribution is 2.61. The van der Waals surface area contributed by atoms with Crippen molar-refractivity contribution in [3.63, 3.8) is 0 Å². The molecule has 2 aromatic rings. The number of carbonyl (C=O) groups excluding carboxylic acids is 3. The number of halogens is 2. The number of ether oxygens (including phenoxy) is 1. The van der Waals surface area contributed by atoms with E-state index in [9.17, 15) is 18.9 Å². The minimum atomic E-state index is -3.97. The molecule has 8 nitrogen and oxygen atoms in total. The topological polar surface area (TPSA) is 99.2 Å². The van der Waals surface area contributed by atoms with E-state index in [0.29, 0.717) is 5.56 Å². The summed E-state index contributed by atoms with van der Waals surface area (Å²) in [5, 5.41) is 0.0970. The van der Waals surface area contributed by atoms with E-state index in [1.807, 2.05) is 0 Å². The van der Waals surface area contributed by atoms with Crippen molar-refractivity contribution in [2.24, 2.45) is 0 Å². The monoisotopic (exact) mass is 525 g/mol. The lowest BCUT2D eigenvalue weighted by Gasteiger charge is -2.31. The highest BCUT2D eigenvalue weighted by Gasteiger charge is 2.46. The first-order chi connectivity index (χ1) is 16.1. The lowest BCUT2D eigenvalue weighted by Crippen LogP contribution is -2.35. The fraction of sp³-hybridized carbons (Fsp3) is 0.261. The Bertz CT molecular complexity index is 1160. The van der Waals surface area contributed by atoms with E-state index < -0.39 is 31.4 Å². The van der Waals surface area contributed by atoms with Crippen molar-refractivity contribution in [3.05, 3.63) is 80.6 Å². The predicted octanol–water partition coefficient (Wildman–Crippen LogP) is 5.90. The maximum absolute atomic E-state index is 13.6. The van der Waals surface area contributed by atoms with Crippen LogP contribution in [0.3, 0.4) is 0 Å². The molecule has 0 fully saturated rings. The van der Waals surface area contributed by atoms with Crippen molar-refractivity contribution < 1.29 is 32.7 Å². The largest absolute Gasteiger partial charge is 0.465 e. The van der Waals surface area contributed by atoms with Crippen LogP contribution >= 0.6 is 30.8 Å². The van der Waals surface area contributed by atoms with Gasteiger partial charge in [0.2, 0.25) is 0 Å². The van der Waals surface area contributed by atoms with Crippen LogP contribution in [-0.2, 0) is 18.3 Å². The zero-order valence-corrected chi connectivity index (χ0v) is 21.1. The van der Waals surface area contributed by atoms with Crippen LogP contribution in [0.15, 0.2) is 48.3 Å². The smallest absolute Gasteiger partial charge is 0.359 e. The highest BCUT2D eigenvalue weighted by molar-refractivity contribution is 7.58. The SMILES string of the molecule is C=C(C(c1ccc(C(=O)OC)cc1)N1C(=O)c2cc(Cl)c(Cl)cc2C1=O)P(=O)(OCC)OCC. The zero-order valence-electron chi connectivity index (χ0n) is 18.7. The second-order valence-corrected chi connectivity index (χ2v) is 10.0. The van der Waals surface area contributed by atoms with Crippen molar-refractivity contribution in [1.29, 1.82) is 0 Å². The summed E-state index contributed by atoms with van der Waals surface area (Å²) in [5.74, 6) is -1.93. The third kappa shape index (κ3) is 4.69. The van der Waals surface area contributed by atoms with Crippen LogP contribution < -0.4 is 0 Å². The van der Waals surface area contributed by atoms with E-state index >= 15 is 0 Å². The normalized spacial score (nSPS) is 14.2. The molecule has 3 rings (SSSR count). The van der Waals surface area contributed by atoms with Gasteiger partial charge in [-0.2, -0.15) is 0 Å². The number of carbonyl (C=O) groups is 3. The summed E-state index contributed by atoms with van der Waals surface area (Å²) in [6.45, 7) is 7.26. The number of benzene rings is 2. The van der Waals surface area contributed by atoms with Crippen molar-refractivity contribution in [2.45, 2.75) is 19.9 Å². The molecule has 1 atom stereocenters. The number of amides is 2. The molecule has 11 heteroatoms. The number of imide groups is 1. The predicted molar refractivity (Wildman–Crippen MR) is 127 cm³/mol. The van der Waals surface area contributed by atoms with Crippen molar-refractivity contribution >= 4 is 48.6 Å². The van der Waals surface area contributed by atoms with E-state index in [2.05, 4.69) is 6.58 Å². The number of methoxy groups -OCH3 is 1. The maximum atomic E-state index is 13.6. The fourth-order valence-electron chi connectivity index (χ4n) is 3.59. The molecule has 0 radical (unpaired) electrons. The first kappa shape index (κ1) is 26.1. The van der Waals surface area contributed by atoms with Gasteiger partial charge >= 0.3 is 13.6 Å². The van der Waals surface area contributed by atoms with Gasteiger partial charge in [-0.25, -0.2) is 4.79 Å². The van der Waals surface area contributed by atoms with Crippen LogP contribution in [0.4, 0.5) is 0 Å². The third-order valence-electron chi connectivity index (χ3n) is 5.13. The Labute approximate surface area is 206 Å². The van der Waals surface area contributed by atoms with Crippen LogP contribution in [0.2, 0.25) is 10.0 Å². The molecule has 2 amide bonds. The molecule has 1 aliphatic rings. The average molecular weight is 526 g/mol. The molecular weight excluding hydrogens is 504 g/mol. The molecule has 0 spiro atoms. The molecule has 2 aromatic carbocycles. The van der Waals surface area contributed by atoms with E-state index in [-0.39, 0.29) is 45.3 Å². The van der Waals surface area contributed by atoms with Crippen LogP contribution in [-0.4, -0.2) is 43.0 Å². The second kappa shape index (κ2) is 10.4. The summed E-state index contributed by atoms with van der Waals surface area (Å²) < 4.78 is 29.2. The Balaban J connectivity index is 2.17. The first-order valence-corrected chi connectivity index (χ1v) is 12.5. The minimum Gasteiger partial charge on any atom is -0.465 e. The quantitative estimate of drug-likeness (QED) is 0.228. The van der Waals surface area contributed by atoms with Gasteiger partial charge < -0.3 is 13.8 Å². The molecule has 0 saturated heterocycles. The fourth-order valence-corrected chi connectivity index (χ4v) is 5.57. The summed E-state index contributed by atoms with van der Waals surface area (Å²) in [6.07, 6.45) is 0. The van der Waals surface area contributed by atoms with E-state index in [1.54, 1.807) is 13.8 Å². The number of hydrogen-bond donors (Lipinski definition) is 0. The molecule has 0 bridgehead atoms. The van der Waals surface area contributed by atoms with Crippen LogP contribution in [0.5, 0.6) is 0 Å². The number of nitrogens with zero attached hydrogens (tertiary/aromatic N) is 1. The summed E-state index contributed by atoms with van der Waals surface area (Å²) in [7, 11) is -2.73. The van der Waals surface area contributed by atoms with Gasteiger partial charge in [0.1, 0.15) is 0 Å². The van der Waals surface area contributed by atoms with Crippen molar-refractivity contribution in [1.82, 2.24) is 4.90 Å². The Hall–Kier alpha value is -2.48. The Morgan fingerprint density at radius 2 is 1.47 bits per heavy atom. The van der Waals surface area contributed by atoms with Crippen molar-refractivity contribution in [2.75, 3.05) is 20.3 Å². The molecule has 0 N–H and O–H groups in total. The molecule has 1 unspecified atom stereocenters. The van der Waals surface area contributed by atoms with Gasteiger partial charge in [0.15, 0.2) is 0 Å². The van der Waals surface area contributed by atoms with Gasteiger partial charge in [-0.15, -0.1) is 0 Å². The van der Waals surface area contributed by atoms with Gasteiger partial charge in [0.05, 0.1) is 58.4 Å². The molecule has 0 aliphatic carbocycles. The molecular formula is C23H22Cl2NO7P. The summed E-state index contributed by atoms with van der Waals surface area (Å²) >= 11 is 12.1. The number of esters is 1. The first-order valence-electron chi connectivity index (χ1n) is 10.2. The lowest BCUT2D eigenvalue weighted by molar-refractivity contribution is 0.0588. The molecule has 0 aromatic heterocycles. The average Bonchev–Trinajstić information content (AvgIpc) is 3.04. The molecule has 1 heterocycles. The molecule has 1 aliphatic heterocycles. The van der Waals surface area contributed by atoms with E-state index in [1.165, 1.54) is 43.5 Å². The Morgan fingerprint density at radius 1 is 1.00 bits per heavy atom. The standard InChI is InChI=1S/C23H22Cl2NO7P/c1-5-32-34(30,33-6-2)13(3)20(14-7-9-15(10-8-14)23(29)31-4)26-21(27)16-11-18(24)19(25)12-17(16)22(26)28/h7-12,20H,3,5-6H2,1-2,4H3. The van der Waals surface area contributed by atoms with Crippen LogP contribution in [0.1, 0.15) is 56.5 Å². The number of hydrogen-bond acceptors (Lipinski definition) is 7. The number of fused-ring (bicyclic) bond motifs is 1. The van der Waals surface area contributed by atoms with Crippen LogP contribution in [0.25, 0.3) is 0 Å². The van der Waals surface area contributed by atoms with Gasteiger partial charge in [-0.05, 0) is 43.7 Å². The van der Waals surface area contributed by atoms with Crippen molar-refractivity contribution in [3.8, 4) is 0 Å². The summed E-state index contributed by atoms with van der Waals surface area (Å²) in [5.41, 5.74) is 0.690. The van der Waals surface area contributed by atoms with Gasteiger partial charge in [0.25, 0.3) is 11.8 Å².